The van der Waals surface area contributed by atoms with Crippen LogP contribution in [0, 0.1) is 12.8 Å². The molecular formula is C21H24N6O4S2. The molecule has 0 aromatic carbocycles. The highest BCUT2D eigenvalue weighted by atomic mass is 32.1. The number of rotatable bonds is 1. The summed E-state index contributed by atoms with van der Waals surface area (Å²) in [4.78, 5) is 51.6. The molecule has 3 N–H and O–H groups in total. The zero-order valence-electron chi connectivity index (χ0n) is 18.8. The Morgan fingerprint density at radius 3 is 2.06 bits per heavy atom. The molecule has 0 aliphatic carbocycles. The van der Waals surface area contributed by atoms with Gasteiger partial charge in [0.15, 0.2) is 5.69 Å². The molecule has 3 atom stereocenters. The van der Waals surface area contributed by atoms with Crippen LogP contribution in [0.2, 0.25) is 0 Å². The molecule has 1 aliphatic rings. The number of nitrogens with one attached hydrogen (secondary N) is 3. The van der Waals surface area contributed by atoms with E-state index < -0.39 is 29.9 Å². The minimum absolute atomic E-state index is 0.0131. The van der Waals surface area contributed by atoms with Gasteiger partial charge in [-0.25, -0.2) is 15.0 Å². The van der Waals surface area contributed by atoms with E-state index >= 15 is 0 Å². The maximum atomic E-state index is 13.0. The van der Waals surface area contributed by atoms with Gasteiger partial charge in [0.2, 0.25) is 5.89 Å². The van der Waals surface area contributed by atoms with E-state index in [4.69, 9.17) is 4.42 Å². The molecule has 4 rings (SSSR count). The average molecular weight is 489 g/mol. The summed E-state index contributed by atoms with van der Waals surface area (Å²) in [6, 6.07) is -1.41. The molecule has 3 amide bonds. The second-order valence-electron chi connectivity index (χ2n) is 8.18. The summed E-state index contributed by atoms with van der Waals surface area (Å²) in [5.74, 6) is -0.602. The van der Waals surface area contributed by atoms with Crippen molar-refractivity contribution < 1.29 is 18.8 Å². The van der Waals surface area contributed by atoms with E-state index in [1.54, 1.807) is 31.5 Å². The quantitative estimate of drug-likeness (QED) is 0.477. The fourth-order valence-corrected chi connectivity index (χ4v) is 5.15. The first kappa shape index (κ1) is 23.1. The van der Waals surface area contributed by atoms with Gasteiger partial charge in [0.1, 0.15) is 33.2 Å². The summed E-state index contributed by atoms with van der Waals surface area (Å²) in [6.07, 6.45) is 0. The lowest BCUT2D eigenvalue weighted by molar-refractivity contribution is 0.0916. The van der Waals surface area contributed by atoms with Crippen LogP contribution in [-0.2, 0) is 0 Å². The van der Waals surface area contributed by atoms with Crippen LogP contribution in [0.5, 0.6) is 0 Å². The summed E-state index contributed by atoms with van der Waals surface area (Å²) in [7, 11) is 0. The van der Waals surface area contributed by atoms with Crippen LogP contribution >= 0.6 is 22.7 Å². The third kappa shape index (κ3) is 4.67. The number of oxazole rings is 1. The molecule has 0 saturated carbocycles. The molecule has 1 aliphatic heterocycles. The predicted molar refractivity (Wildman–Crippen MR) is 122 cm³/mol. The largest absolute Gasteiger partial charge is 0.443 e. The summed E-state index contributed by atoms with van der Waals surface area (Å²) >= 11 is 2.58. The van der Waals surface area contributed by atoms with E-state index in [-0.39, 0.29) is 34.8 Å². The van der Waals surface area contributed by atoms with Crippen LogP contribution < -0.4 is 16.0 Å². The minimum Gasteiger partial charge on any atom is -0.443 e. The maximum Gasteiger partial charge on any atom is 0.274 e. The number of hydrogen-bond acceptors (Lipinski definition) is 9. The number of aryl methyl sites for hydroxylation is 1. The SMILES string of the molecule is Cc1oc2nc1C(=O)NC(C(C)C)c1nc(cs1)C(=O)NC(C)c1nc(cs1)C(=O)NC2C. The topological polar surface area (TPSA) is 139 Å². The smallest absolute Gasteiger partial charge is 0.274 e. The average Bonchev–Trinajstić information content (AvgIpc) is 3.50. The summed E-state index contributed by atoms with van der Waals surface area (Å²) in [6.45, 7) is 9.07. The lowest BCUT2D eigenvalue weighted by Gasteiger charge is -2.19. The summed E-state index contributed by atoms with van der Waals surface area (Å²) < 4.78 is 5.68. The Kier molecular flexibility index (Phi) is 6.30. The minimum atomic E-state index is -0.582. The van der Waals surface area contributed by atoms with Crippen molar-refractivity contribution in [1.29, 1.82) is 0 Å². The van der Waals surface area contributed by atoms with Gasteiger partial charge in [0.05, 0.1) is 12.1 Å². The van der Waals surface area contributed by atoms with Crippen molar-refractivity contribution >= 4 is 40.4 Å². The van der Waals surface area contributed by atoms with Crippen molar-refractivity contribution in [3.05, 3.63) is 49.5 Å². The second kappa shape index (κ2) is 9.02. The van der Waals surface area contributed by atoms with Gasteiger partial charge in [0.25, 0.3) is 17.7 Å². The summed E-state index contributed by atoms with van der Waals surface area (Å²) in [5, 5.41) is 13.1. The number of aromatic nitrogens is 3. The molecule has 3 aromatic rings. The van der Waals surface area contributed by atoms with E-state index in [0.717, 1.165) is 0 Å². The number of hydrogen-bond donors (Lipinski definition) is 3. The normalized spacial score (nSPS) is 21.8. The van der Waals surface area contributed by atoms with Crippen LogP contribution in [0.4, 0.5) is 0 Å². The lowest BCUT2D eigenvalue weighted by Crippen LogP contribution is -2.33. The van der Waals surface area contributed by atoms with Crippen LogP contribution in [-0.4, -0.2) is 32.7 Å². The van der Waals surface area contributed by atoms with Crippen molar-refractivity contribution in [2.75, 3.05) is 0 Å². The van der Waals surface area contributed by atoms with Gasteiger partial charge in [-0.2, -0.15) is 0 Å². The number of carbonyl (C=O) groups excluding carboxylic acids is 3. The number of fused-ring (bicyclic) bond motifs is 6. The van der Waals surface area contributed by atoms with E-state index in [1.165, 1.54) is 22.7 Å². The van der Waals surface area contributed by atoms with E-state index in [2.05, 4.69) is 30.9 Å². The molecule has 0 spiro atoms. The molecule has 0 fully saturated rings. The van der Waals surface area contributed by atoms with Crippen LogP contribution in [0.3, 0.4) is 0 Å². The Morgan fingerprint density at radius 1 is 0.848 bits per heavy atom. The van der Waals surface area contributed by atoms with Gasteiger partial charge in [-0.3, -0.25) is 14.4 Å². The Morgan fingerprint density at radius 2 is 1.42 bits per heavy atom. The van der Waals surface area contributed by atoms with Gasteiger partial charge in [-0.05, 0) is 26.7 Å². The molecule has 10 nitrogen and oxygen atoms in total. The highest BCUT2D eigenvalue weighted by Gasteiger charge is 2.28. The number of nitrogens with zero attached hydrogens (tertiary/aromatic N) is 3. The zero-order valence-corrected chi connectivity index (χ0v) is 20.4. The zero-order chi connectivity index (χ0) is 23.9. The molecular weight excluding hydrogens is 464 g/mol. The molecule has 3 unspecified atom stereocenters. The predicted octanol–water partition coefficient (Wildman–Crippen LogP) is 3.32. The molecule has 0 radical (unpaired) electrons. The monoisotopic (exact) mass is 488 g/mol. The first-order chi connectivity index (χ1) is 15.6. The first-order valence-corrected chi connectivity index (χ1v) is 12.2. The summed E-state index contributed by atoms with van der Waals surface area (Å²) in [5.41, 5.74) is 0.615. The van der Waals surface area contributed by atoms with Crippen molar-refractivity contribution in [2.45, 2.75) is 52.7 Å². The van der Waals surface area contributed by atoms with E-state index in [0.29, 0.717) is 15.8 Å². The third-order valence-corrected chi connectivity index (χ3v) is 7.15. The molecule has 12 heteroatoms. The number of carbonyl (C=O) groups is 3. The molecule has 33 heavy (non-hydrogen) atoms. The Hall–Kier alpha value is -3.12. The van der Waals surface area contributed by atoms with Gasteiger partial charge in [0, 0.05) is 10.8 Å². The fraction of sp³-hybridized carbons (Fsp3) is 0.429. The van der Waals surface area contributed by atoms with Gasteiger partial charge in [-0.1, -0.05) is 13.8 Å². The standard InChI is InChI=1S/C21H24N6O4S2/c1-8(2)14-21-25-13(7-33-21)17(29)23-10(4)20-24-12(6-32-20)16(28)22-9(3)19-27-15(11(5)31-19)18(30)26-14/h6-10,14H,1-5H3,(H,22,28)(H,23,29)(H,26,30). The van der Waals surface area contributed by atoms with Crippen LogP contribution in [0.15, 0.2) is 15.2 Å². The number of thiazole rings is 2. The molecule has 6 bridgehead atoms. The highest BCUT2D eigenvalue weighted by Crippen LogP contribution is 2.27. The fourth-order valence-electron chi connectivity index (χ4n) is 3.33. The van der Waals surface area contributed by atoms with Crippen LogP contribution in [0.25, 0.3) is 0 Å². The molecule has 0 saturated heterocycles. The molecule has 174 valence electrons. The van der Waals surface area contributed by atoms with E-state index in [9.17, 15) is 14.4 Å². The van der Waals surface area contributed by atoms with Crippen molar-refractivity contribution in [3.8, 4) is 0 Å². The van der Waals surface area contributed by atoms with Gasteiger partial charge in [-0.15, -0.1) is 22.7 Å². The van der Waals surface area contributed by atoms with Crippen molar-refractivity contribution in [2.24, 2.45) is 5.92 Å². The van der Waals surface area contributed by atoms with Crippen molar-refractivity contribution in [1.82, 2.24) is 30.9 Å². The Balaban J connectivity index is 1.75. The van der Waals surface area contributed by atoms with Gasteiger partial charge >= 0.3 is 0 Å². The molecule has 3 aromatic heterocycles. The van der Waals surface area contributed by atoms with E-state index in [1.807, 2.05) is 13.8 Å². The second-order valence-corrected chi connectivity index (χ2v) is 9.96. The number of amides is 3. The third-order valence-electron chi connectivity index (χ3n) is 5.19. The highest BCUT2D eigenvalue weighted by molar-refractivity contribution is 7.10. The van der Waals surface area contributed by atoms with Gasteiger partial charge < -0.3 is 20.4 Å². The Labute approximate surface area is 198 Å². The lowest BCUT2D eigenvalue weighted by atomic mass is 10.0. The molecule has 4 heterocycles. The van der Waals surface area contributed by atoms with Crippen molar-refractivity contribution in [3.63, 3.8) is 0 Å². The first-order valence-electron chi connectivity index (χ1n) is 10.4. The Bertz CT molecular complexity index is 1210. The maximum absolute atomic E-state index is 13.0. The van der Waals surface area contributed by atoms with Crippen LogP contribution in [0.1, 0.15) is 99.0 Å².